The fourth-order valence-electron chi connectivity index (χ4n) is 3.59. The van der Waals surface area contributed by atoms with E-state index in [0.717, 1.165) is 22.2 Å². The van der Waals surface area contributed by atoms with E-state index in [1.165, 1.54) is 22.6 Å². The molecule has 2 aliphatic heterocycles. The van der Waals surface area contributed by atoms with Crippen molar-refractivity contribution in [2.45, 2.75) is 17.9 Å². The van der Waals surface area contributed by atoms with Crippen LogP contribution in [0.25, 0.3) is 0 Å². The highest BCUT2D eigenvalue weighted by Crippen LogP contribution is 2.27. The predicted octanol–water partition coefficient (Wildman–Crippen LogP) is 0.458. The van der Waals surface area contributed by atoms with Crippen molar-refractivity contribution in [2.24, 2.45) is 0 Å². The van der Waals surface area contributed by atoms with E-state index in [9.17, 15) is 18.0 Å². The summed E-state index contributed by atoms with van der Waals surface area (Å²) in [6.07, 6.45) is 2.21. The maximum Gasteiger partial charge on any atom is 0.271 e. The van der Waals surface area contributed by atoms with Gasteiger partial charge in [-0.3, -0.25) is 9.59 Å². The number of fused-ring (bicyclic) bond motifs is 1. The molecule has 2 aliphatic rings. The second-order valence-electron chi connectivity index (χ2n) is 6.75. The first kappa shape index (κ1) is 18.9. The molecule has 2 aromatic rings. The lowest BCUT2D eigenvalue weighted by Gasteiger charge is -2.26. The van der Waals surface area contributed by atoms with Crippen LogP contribution in [0.5, 0.6) is 0 Å². The van der Waals surface area contributed by atoms with E-state index in [-0.39, 0.29) is 30.4 Å². The number of amides is 1. The van der Waals surface area contributed by atoms with Crippen LogP contribution in [0.4, 0.5) is 5.69 Å². The van der Waals surface area contributed by atoms with E-state index in [0.29, 0.717) is 19.8 Å². The fraction of sp³-hybridized carbons (Fsp3) is 0.368. The van der Waals surface area contributed by atoms with Crippen molar-refractivity contribution in [2.75, 3.05) is 37.7 Å². The second kappa shape index (κ2) is 7.50. The van der Waals surface area contributed by atoms with Crippen molar-refractivity contribution in [3.05, 3.63) is 58.5 Å². The molecule has 1 aromatic carbocycles. The number of benzene rings is 1. The lowest BCUT2D eigenvalue weighted by atomic mass is 10.2. The van der Waals surface area contributed by atoms with Crippen molar-refractivity contribution in [3.63, 3.8) is 0 Å². The zero-order valence-corrected chi connectivity index (χ0v) is 16.1. The minimum absolute atomic E-state index is 0.208. The molecule has 3 heterocycles. The molecule has 0 unspecified atom stereocenters. The van der Waals surface area contributed by atoms with E-state index in [1.54, 1.807) is 4.90 Å². The van der Waals surface area contributed by atoms with Crippen LogP contribution in [0.15, 0.2) is 52.3 Å². The Morgan fingerprint density at radius 1 is 1.04 bits per heavy atom. The van der Waals surface area contributed by atoms with Gasteiger partial charge in [-0.1, -0.05) is 18.2 Å². The number of anilines is 1. The Bertz CT molecular complexity index is 1060. The summed E-state index contributed by atoms with van der Waals surface area (Å²) in [5.74, 6) is -0.243. The van der Waals surface area contributed by atoms with Crippen LogP contribution in [-0.4, -0.2) is 56.0 Å². The molecular formula is C19H21N3O5S. The SMILES string of the molecule is O=C(Cn1cccc(S(=O)(=O)N2CCOCC2)c1=O)N1CCc2ccccc21. The third-order valence-corrected chi connectivity index (χ3v) is 6.98. The van der Waals surface area contributed by atoms with E-state index >= 15 is 0 Å². The first-order valence-electron chi connectivity index (χ1n) is 9.14. The summed E-state index contributed by atoms with van der Waals surface area (Å²) in [4.78, 5) is 26.9. The molecule has 0 spiro atoms. The van der Waals surface area contributed by atoms with Gasteiger partial charge in [0.25, 0.3) is 5.56 Å². The van der Waals surface area contributed by atoms with Gasteiger partial charge in [-0.05, 0) is 30.2 Å². The van der Waals surface area contributed by atoms with Crippen molar-refractivity contribution >= 4 is 21.6 Å². The van der Waals surface area contributed by atoms with Crippen molar-refractivity contribution < 1.29 is 17.9 Å². The number of hydrogen-bond donors (Lipinski definition) is 0. The summed E-state index contributed by atoms with van der Waals surface area (Å²) in [7, 11) is -3.92. The summed E-state index contributed by atoms with van der Waals surface area (Å²) in [6.45, 7) is 1.36. The molecule has 28 heavy (non-hydrogen) atoms. The van der Waals surface area contributed by atoms with Gasteiger partial charge in [0.1, 0.15) is 11.4 Å². The molecule has 0 N–H and O–H groups in total. The first-order valence-corrected chi connectivity index (χ1v) is 10.6. The zero-order valence-electron chi connectivity index (χ0n) is 15.3. The zero-order chi connectivity index (χ0) is 19.7. The molecule has 0 bridgehead atoms. The minimum atomic E-state index is -3.92. The normalized spacial score (nSPS) is 17.5. The molecule has 1 saturated heterocycles. The Morgan fingerprint density at radius 3 is 2.57 bits per heavy atom. The van der Waals surface area contributed by atoms with Crippen LogP contribution >= 0.6 is 0 Å². The van der Waals surface area contributed by atoms with Crippen molar-refractivity contribution in [1.29, 1.82) is 0 Å². The molecule has 1 aromatic heterocycles. The van der Waals surface area contributed by atoms with Gasteiger partial charge < -0.3 is 14.2 Å². The number of ether oxygens (including phenoxy) is 1. The fourth-order valence-corrected chi connectivity index (χ4v) is 5.09. The summed E-state index contributed by atoms with van der Waals surface area (Å²) in [5, 5.41) is 0. The maximum absolute atomic E-state index is 12.8. The Labute approximate surface area is 163 Å². The minimum Gasteiger partial charge on any atom is -0.379 e. The highest BCUT2D eigenvalue weighted by molar-refractivity contribution is 7.89. The molecule has 9 heteroatoms. The van der Waals surface area contributed by atoms with Gasteiger partial charge in [-0.15, -0.1) is 0 Å². The lowest BCUT2D eigenvalue weighted by molar-refractivity contribution is -0.119. The molecule has 8 nitrogen and oxygen atoms in total. The van der Waals surface area contributed by atoms with Crippen LogP contribution in [0, 0.1) is 0 Å². The summed E-state index contributed by atoms with van der Waals surface area (Å²) in [6, 6.07) is 10.4. The Balaban J connectivity index is 1.59. The summed E-state index contributed by atoms with van der Waals surface area (Å²) < 4.78 is 33.2. The number of pyridine rings is 1. The van der Waals surface area contributed by atoms with Crippen molar-refractivity contribution in [3.8, 4) is 0 Å². The van der Waals surface area contributed by atoms with Gasteiger partial charge in [0.2, 0.25) is 15.9 Å². The molecule has 0 atom stereocenters. The second-order valence-corrected chi connectivity index (χ2v) is 8.65. The predicted molar refractivity (Wildman–Crippen MR) is 103 cm³/mol. The topological polar surface area (TPSA) is 88.9 Å². The molecule has 0 radical (unpaired) electrons. The quantitative estimate of drug-likeness (QED) is 0.740. The average molecular weight is 403 g/mol. The highest BCUT2D eigenvalue weighted by Gasteiger charge is 2.30. The molecule has 1 amide bonds. The molecule has 4 rings (SSSR count). The molecule has 148 valence electrons. The number of carbonyl (C=O) groups excluding carboxylic acids is 1. The molecule has 0 aliphatic carbocycles. The van der Waals surface area contributed by atoms with E-state index in [4.69, 9.17) is 4.74 Å². The number of sulfonamides is 1. The number of rotatable bonds is 4. The Kier molecular flexibility index (Phi) is 5.05. The average Bonchev–Trinajstić information content (AvgIpc) is 3.14. The number of para-hydroxylation sites is 1. The van der Waals surface area contributed by atoms with Gasteiger partial charge in [0.05, 0.1) is 13.2 Å². The number of carbonyl (C=O) groups is 1. The summed E-state index contributed by atoms with van der Waals surface area (Å²) in [5.41, 5.74) is 1.25. The number of morpholine rings is 1. The van der Waals surface area contributed by atoms with Gasteiger partial charge in [0.15, 0.2) is 0 Å². The third kappa shape index (κ3) is 3.36. The number of nitrogens with zero attached hydrogens (tertiary/aromatic N) is 3. The maximum atomic E-state index is 12.8. The van der Waals surface area contributed by atoms with Crippen LogP contribution in [0.3, 0.4) is 0 Å². The van der Waals surface area contributed by atoms with Gasteiger partial charge in [-0.2, -0.15) is 4.31 Å². The molecule has 0 saturated carbocycles. The van der Waals surface area contributed by atoms with Crippen molar-refractivity contribution in [1.82, 2.24) is 8.87 Å². The largest absolute Gasteiger partial charge is 0.379 e. The third-order valence-electron chi connectivity index (χ3n) is 5.07. The van der Waals surface area contributed by atoms with Crippen LogP contribution in [0.2, 0.25) is 0 Å². The standard InChI is InChI=1S/C19H21N3O5S/c23-18(22-9-7-15-4-1-2-5-16(15)22)14-20-8-3-6-17(19(20)24)28(25,26)21-10-12-27-13-11-21/h1-6,8H,7,9-14H2. The van der Waals surface area contributed by atoms with Crippen LogP contribution in [-0.2, 0) is 32.5 Å². The smallest absolute Gasteiger partial charge is 0.271 e. The molecular weight excluding hydrogens is 382 g/mol. The highest BCUT2D eigenvalue weighted by atomic mass is 32.2. The monoisotopic (exact) mass is 403 g/mol. The Hall–Kier alpha value is -2.49. The lowest BCUT2D eigenvalue weighted by Crippen LogP contribution is -2.43. The van der Waals surface area contributed by atoms with Crippen LogP contribution in [0.1, 0.15) is 5.56 Å². The number of hydrogen-bond acceptors (Lipinski definition) is 5. The number of aromatic nitrogens is 1. The van der Waals surface area contributed by atoms with Gasteiger partial charge in [-0.25, -0.2) is 8.42 Å². The first-order chi connectivity index (χ1) is 13.5. The molecule has 1 fully saturated rings. The Morgan fingerprint density at radius 2 is 1.79 bits per heavy atom. The summed E-state index contributed by atoms with van der Waals surface area (Å²) >= 11 is 0. The van der Waals surface area contributed by atoms with E-state index in [1.807, 2.05) is 24.3 Å². The van der Waals surface area contributed by atoms with Gasteiger partial charge in [0, 0.05) is 31.5 Å². The van der Waals surface area contributed by atoms with E-state index < -0.39 is 15.6 Å². The van der Waals surface area contributed by atoms with E-state index in [2.05, 4.69) is 0 Å². The van der Waals surface area contributed by atoms with Crippen LogP contribution < -0.4 is 10.5 Å². The van der Waals surface area contributed by atoms with Gasteiger partial charge >= 0.3 is 0 Å².